The van der Waals surface area contributed by atoms with Crippen LogP contribution < -0.4 is 10.5 Å². The minimum Gasteiger partial charge on any atom is -0.455 e. The summed E-state index contributed by atoms with van der Waals surface area (Å²) in [6, 6.07) is 16.4. The predicted molar refractivity (Wildman–Crippen MR) is 82.5 cm³/mol. The molecule has 0 aliphatic rings. The summed E-state index contributed by atoms with van der Waals surface area (Å²) >= 11 is 3.09. The van der Waals surface area contributed by atoms with Gasteiger partial charge in [-0.1, -0.05) is 30.3 Å². The Bertz CT molecular complexity index is 789. The molecule has 20 heavy (non-hydrogen) atoms. The van der Waals surface area contributed by atoms with E-state index in [-0.39, 0.29) is 0 Å². The summed E-state index contributed by atoms with van der Waals surface area (Å²) in [6.07, 6.45) is 0. The van der Waals surface area contributed by atoms with E-state index in [0.717, 1.165) is 10.8 Å². The molecule has 4 heteroatoms. The zero-order valence-electron chi connectivity index (χ0n) is 10.4. The third-order valence-corrected chi connectivity index (χ3v) is 3.61. The lowest BCUT2D eigenvalue weighted by Crippen LogP contribution is -1.94. The highest BCUT2D eigenvalue weighted by Gasteiger charge is 2.08. The van der Waals surface area contributed by atoms with Crippen LogP contribution in [0.15, 0.2) is 59.1 Å². The van der Waals surface area contributed by atoms with Crippen LogP contribution in [0.5, 0.6) is 11.5 Å². The van der Waals surface area contributed by atoms with Crippen LogP contribution in [0.4, 0.5) is 10.1 Å². The molecular weight excluding hydrogens is 321 g/mol. The van der Waals surface area contributed by atoms with Gasteiger partial charge in [-0.3, -0.25) is 0 Å². The maximum atomic E-state index is 13.5. The van der Waals surface area contributed by atoms with Crippen molar-refractivity contribution in [2.75, 3.05) is 5.73 Å². The van der Waals surface area contributed by atoms with Crippen LogP contribution in [0.3, 0.4) is 0 Å². The molecule has 0 fully saturated rings. The summed E-state index contributed by atoms with van der Waals surface area (Å²) in [7, 11) is 0. The number of benzene rings is 3. The zero-order valence-corrected chi connectivity index (χ0v) is 12.0. The Labute approximate surface area is 124 Å². The van der Waals surface area contributed by atoms with E-state index in [2.05, 4.69) is 15.9 Å². The molecule has 0 unspecified atom stereocenters. The van der Waals surface area contributed by atoms with Gasteiger partial charge in [0.2, 0.25) is 0 Å². The summed E-state index contributed by atoms with van der Waals surface area (Å²) in [5.41, 5.74) is 6.21. The van der Waals surface area contributed by atoms with Gasteiger partial charge in [-0.05, 0) is 44.9 Å². The largest absolute Gasteiger partial charge is 0.455 e. The van der Waals surface area contributed by atoms with Crippen LogP contribution in [0.25, 0.3) is 10.8 Å². The summed E-state index contributed by atoms with van der Waals surface area (Å²) in [4.78, 5) is 0. The number of fused-ring (bicyclic) bond motifs is 1. The molecule has 0 spiro atoms. The minimum absolute atomic E-state index is 0.306. The molecule has 0 aromatic heterocycles. The first-order valence-corrected chi connectivity index (χ1v) is 6.84. The number of halogens is 2. The van der Waals surface area contributed by atoms with Crippen LogP contribution in [0.2, 0.25) is 0 Å². The number of hydrogen-bond acceptors (Lipinski definition) is 2. The summed E-state index contributed by atoms with van der Waals surface area (Å²) < 4.78 is 19.5. The van der Waals surface area contributed by atoms with Crippen molar-refractivity contribution in [2.24, 2.45) is 0 Å². The van der Waals surface area contributed by atoms with Gasteiger partial charge in [-0.25, -0.2) is 4.39 Å². The Kier molecular flexibility index (Phi) is 3.32. The van der Waals surface area contributed by atoms with Crippen molar-refractivity contribution >= 4 is 32.4 Å². The molecule has 0 amide bonds. The van der Waals surface area contributed by atoms with Crippen molar-refractivity contribution in [2.45, 2.75) is 0 Å². The molecule has 3 aromatic rings. The lowest BCUT2D eigenvalue weighted by Gasteiger charge is -2.10. The van der Waals surface area contributed by atoms with E-state index in [9.17, 15) is 4.39 Å². The lowest BCUT2D eigenvalue weighted by atomic mass is 10.1. The number of rotatable bonds is 2. The number of nitrogens with two attached hydrogens (primary N) is 1. The summed E-state index contributed by atoms with van der Waals surface area (Å²) in [6.45, 7) is 0. The fourth-order valence-corrected chi connectivity index (χ4v) is 2.35. The number of anilines is 1. The minimum atomic E-state index is -0.407. The fraction of sp³-hybridized carbons (Fsp3) is 0. The second-order valence-electron chi connectivity index (χ2n) is 4.42. The highest BCUT2D eigenvalue weighted by Crippen LogP contribution is 2.33. The third-order valence-electron chi connectivity index (χ3n) is 3.00. The second-order valence-corrected chi connectivity index (χ2v) is 5.27. The van der Waals surface area contributed by atoms with Gasteiger partial charge in [0.25, 0.3) is 0 Å². The average Bonchev–Trinajstić information content (AvgIpc) is 2.44. The number of ether oxygens (including phenoxy) is 1. The zero-order chi connectivity index (χ0) is 14.1. The number of nitrogen functional groups attached to an aromatic ring is 1. The molecule has 2 nitrogen and oxygen atoms in total. The van der Waals surface area contributed by atoms with Crippen LogP contribution in [0, 0.1) is 5.82 Å². The smallest absolute Gasteiger partial charge is 0.153 e. The average molecular weight is 332 g/mol. The Balaban J connectivity index is 1.99. The predicted octanol–water partition coefficient (Wildman–Crippen LogP) is 5.12. The Morgan fingerprint density at radius 2 is 1.70 bits per heavy atom. The van der Waals surface area contributed by atoms with Gasteiger partial charge in [0.15, 0.2) is 5.75 Å². The van der Waals surface area contributed by atoms with E-state index < -0.39 is 5.82 Å². The van der Waals surface area contributed by atoms with Crippen molar-refractivity contribution in [1.82, 2.24) is 0 Å². The first-order chi connectivity index (χ1) is 9.63. The molecule has 3 aromatic carbocycles. The van der Waals surface area contributed by atoms with E-state index in [0.29, 0.717) is 21.7 Å². The Morgan fingerprint density at radius 3 is 2.50 bits per heavy atom. The van der Waals surface area contributed by atoms with E-state index in [4.69, 9.17) is 10.5 Å². The highest BCUT2D eigenvalue weighted by atomic mass is 79.9. The van der Waals surface area contributed by atoms with E-state index in [1.165, 1.54) is 12.1 Å². The molecule has 2 N–H and O–H groups in total. The molecule has 0 bridgehead atoms. The Morgan fingerprint density at radius 1 is 0.950 bits per heavy atom. The van der Waals surface area contributed by atoms with Gasteiger partial charge >= 0.3 is 0 Å². The van der Waals surface area contributed by atoms with Gasteiger partial charge in [-0.2, -0.15) is 0 Å². The van der Waals surface area contributed by atoms with Gasteiger partial charge in [0.1, 0.15) is 11.6 Å². The molecule has 0 heterocycles. The molecule has 0 radical (unpaired) electrons. The molecule has 0 saturated carbocycles. The maximum Gasteiger partial charge on any atom is 0.153 e. The molecule has 0 saturated heterocycles. The van der Waals surface area contributed by atoms with Crippen LogP contribution >= 0.6 is 15.9 Å². The first-order valence-electron chi connectivity index (χ1n) is 6.04. The fourth-order valence-electron chi connectivity index (χ4n) is 1.99. The first kappa shape index (κ1) is 12.9. The second kappa shape index (κ2) is 5.13. The van der Waals surface area contributed by atoms with Crippen molar-refractivity contribution < 1.29 is 9.13 Å². The van der Waals surface area contributed by atoms with Gasteiger partial charge in [0, 0.05) is 6.07 Å². The quantitative estimate of drug-likeness (QED) is 0.662. The summed E-state index contributed by atoms with van der Waals surface area (Å²) in [5.74, 6) is 0.521. The molecule has 100 valence electrons. The van der Waals surface area contributed by atoms with Crippen LogP contribution in [-0.4, -0.2) is 0 Å². The van der Waals surface area contributed by atoms with E-state index in [1.807, 2.05) is 42.5 Å². The van der Waals surface area contributed by atoms with Gasteiger partial charge in [-0.15, -0.1) is 0 Å². The van der Waals surface area contributed by atoms with Crippen molar-refractivity contribution in [3.8, 4) is 11.5 Å². The van der Waals surface area contributed by atoms with Gasteiger partial charge < -0.3 is 10.5 Å². The molecule has 0 aliphatic carbocycles. The standard InChI is InChI=1S/C16H11BrFNO/c17-13-8-15(19)16(9-14(13)18)20-12-6-5-10-3-1-2-4-11(10)7-12/h1-9H,19H2. The van der Waals surface area contributed by atoms with E-state index in [1.54, 1.807) is 0 Å². The molecule has 0 atom stereocenters. The van der Waals surface area contributed by atoms with Crippen molar-refractivity contribution in [1.29, 1.82) is 0 Å². The molecule has 3 rings (SSSR count). The topological polar surface area (TPSA) is 35.2 Å². The van der Waals surface area contributed by atoms with Gasteiger partial charge in [0.05, 0.1) is 10.2 Å². The van der Waals surface area contributed by atoms with Crippen molar-refractivity contribution in [3.63, 3.8) is 0 Å². The SMILES string of the molecule is Nc1cc(Br)c(F)cc1Oc1ccc2ccccc2c1. The lowest BCUT2D eigenvalue weighted by molar-refractivity contribution is 0.479. The summed E-state index contributed by atoms with van der Waals surface area (Å²) in [5, 5.41) is 2.18. The number of hydrogen-bond donors (Lipinski definition) is 1. The maximum absolute atomic E-state index is 13.5. The van der Waals surface area contributed by atoms with Crippen LogP contribution in [0.1, 0.15) is 0 Å². The van der Waals surface area contributed by atoms with E-state index >= 15 is 0 Å². The normalized spacial score (nSPS) is 10.7. The van der Waals surface area contributed by atoms with Crippen molar-refractivity contribution in [3.05, 3.63) is 64.9 Å². The highest BCUT2D eigenvalue weighted by molar-refractivity contribution is 9.10. The molecule has 0 aliphatic heterocycles. The van der Waals surface area contributed by atoms with Crippen LogP contribution in [-0.2, 0) is 0 Å². The molecular formula is C16H11BrFNO. The monoisotopic (exact) mass is 331 g/mol. The third kappa shape index (κ3) is 2.47. The Hall–Kier alpha value is -2.07.